The van der Waals surface area contributed by atoms with Crippen LogP contribution in [0.4, 0.5) is 0 Å². The predicted molar refractivity (Wildman–Crippen MR) is 120 cm³/mol. The van der Waals surface area contributed by atoms with E-state index < -0.39 is 29.1 Å². The van der Waals surface area contributed by atoms with Gasteiger partial charge in [-0.1, -0.05) is 48.8 Å². The molecule has 0 spiro atoms. The van der Waals surface area contributed by atoms with Gasteiger partial charge in [0.2, 0.25) is 11.8 Å². The molecule has 3 N–H and O–H groups in total. The van der Waals surface area contributed by atoms with Crippen molar-refractivity contribution >= 4 is 39.5 Å². The summed E-state index contributed by atoms with van der Waals surface area (Å²) in [5, 5.41) is 16.3. The first-order valence-electron chi connectivity index (χ1n) is 10.3. The van der Waals surface area contributed by atoms with Gasteiger partial charge in [0.25, 0.3) is 5.91 Å². The lowest BCUT2D eigenvalue weighted by Crippen LogP contribution is -2.58. The van der Waals surface area contributed by atoms with Crippen LogP contribution in [0.2, 0.25) is 0 Å². The van der Waals surface area contributed by atoms with E-state index in [-0.39, 0.29) is 30.7 Å². The van der Waals surface area contributed by atoms with E-state index in [2.05, 4.69) is 31.6 Å². The Morgan fingerprint density at radius 1 is 1.32 bits per heavy atom. The van der Waals surface area contributed by atoms with Gasteiger partial charge in [-0.3, -0.25) is 14.4 Å². The molecule has 31 heavy (non-hydrogen) atoms. The van der Waals surface area contributed by atoms with Crippen molar-refractivity contribution in [2.45, 2.75) is 64.8 Å². The van der Waals surface area contributed by atoms with Crippen molar-refractivity contribution < 1.29 is 19.5 Å². The number of halogens is 1. The number of nitrogens with one attached hydrogen (secondary N) is 2. The van der Waals surface area contributed by atoms with E-state index in [0.29, 0.717) is 5.84 Å². The van der Waals surface area contributed by atoms with Crippen LogP contribution in [0, 0.1) is 5.41 Å². The molecule has 2 heterocycles. The largest absolute Gasteiger partial charge is 0.391 e. The molecule has 0 aliphatic carbocycles. The van der Waals surface area contributed by atoms with E-state index in [1.165, 1.54) is 11.8 Å². The number of amides is 3. The fourth-order valence-corrected chi connectivity index (χ4v) is 4.29. The molecule has 4 atom stereocenters. The van der Waals surface area contributed by atoms with Gasteiger partial charge in [-0.15, -0.1) is 0 Å². The van der Waals surface area contributed by atoms with Gasteiger partial charge >= 0.3 is 0 Å². The summed E-state index contributed by atoms with van der Waals surface area (Å²) < 4.78 is 0.897. The second-order valence-corrected chi connectivity index (χ2v) is 10.4. The van der Waals surface area contributed by atoms with Crippen LogP contribution in [0.5, 0.6) is 0 Å². The Bertz CT molecular complexity index is 924. The molecule has 168 valence electrons. The maximum Gasteiger partial charge on any atom is 0.277 e. The number of aliphatic hydroxyl groups excluding tert-OH is 1. The van der Waals surface area contributed by atoms with Crippen LogP contribution in [0.1, 0.15) is 46.6 Å². The molecule has 0 radical (unpaired) electrons. The summed E-state index contributed by atoms with van der Waals surface area (Å²) in [4.78, 5) is 43.7. The summed E-state index contributed by atoms with van der Waals surface area (Å²) in [5.41, 5.74) is -0.839. The Morgan fingerprint density at radius 2 is 1.94 bits per heavy atom. The molecule has 1 fully saturated rings. The number of hydrogen-bond acceptors (Lipinski definition) is 5. The maximum atomic E-state index is 13.4. The number of carbonyl (C=O) groups excluding carboxylic acids is 3. The molecule has 0 saturated carbocycles. The van der Waals surface area contributed by atoms with Gasteiger partial charge in [-0.2, -0.15) is 4.99 Å². The van der Waals surface area contributed by atoms with E-state index in [0.717, 1.165) is 10.0 Å². The third-order valence-corrected chi connectivity index (χ3v) is 6.32. The summed E-state index contributed by atoms with van der Waals surface area (Å²) in [5.74, 6) is -0.610. The van der Waals surface area contributed by atoms with Gasteiger partial charge in [-0.05, 0) is 30.0 Å². The molecule has 2 aliphatic heterocycles. The monoisotopic (exact) mass is 492 g/mol. The van der Waals surface area contributed by atoms with Crippen molar-refractivity contribution in [2.24, 2.45) is 10.4 Å². The fourth-order valence-electron chi connectivity index (χ4n) is 4.03. The van der Waals surface area contributed by atoms with Crippen molar-refractivity contribution in [3.05, 3.63) is 34.3 Å². The molecule has 9 heteroatoms. The van der Waals surface area contributed by atoms with Crippen molar-refractivity contribution in [1.29, 1.82) is 0 Å². The molecule has 8 nitrogen and oxygen atoms in total. The quantitative estimate of drug-likeness (QED) is 0.592. The van der Waals surface area contributed by atoms with E-state index in [1.54, 1.807) is 6.92 Å². The highest BCUT2D eigenvalue weighted by Crippen LogP contribution is 2.32. The lowest BCUT2D eigenvalue weighted by Gasteiger charge is -2.36. The number of benzene rings is 1. The molecule has 0 bridgehead atoms. The summed E-state index contributed by atoms with van der Waals surface area (Å²) in [6.45, 7) is 8.83. The average Bonchev–Trinajstić information content (AvgIpc) is 3.19. The molecule has 3 amide bonds. The van der Waals surface area contributed by atoms with Crippen LogP contribution in [0.15, 0.2) is 33.7 Å². The van der Waals surface area contributed by atoms with Crippen molar-refractivity contribution in [2.75, 3.05) is 6.54 Å². The molecule has 1 aromatic carbocycles. The summed E-state index contributed by atoms with van der Waals surface area (Å²) in [6.07, 6.45) is -0.482. The maximum absolute atomic E-state index is 13.4. The molecule has 1 aromatic rings. The molecular formula is C22H29BrN4O4. The second kappa shape index (κ2) is 8.35. The normalized spacial score (nSPS) is 27.0. The summed E-state index contributed by atoms with van der Waals surface area (Å²) in [7, 11) is 0. The smallest absolute Gasteiger partial charge is 0.277 e. The molecule has 3 unspecified atom stereocenters. The minimum atomic E-state index is -1.06. The third kappa shape index (κ3) is 4.67. The number of carbonyl (C=O) groups is 3. The Kier molecular flexibility index (Phi) is 6.30. The fraction of sp³-hybridized carbons (Fsp3) is 0.545. The van der Waals surface area contributed by atoms with Gasteiger partial charge < -0.3 is 20.6 Å². The number of likely N-dealkylation sites (tertiary alicyclic amines) is 1. The lowest BCUT2D eigenvalue weighted by atomic mass is 9.85. The van der Waals surface area contributed by atoms with Crippen LogP contribution >= 0.6 is 15.9 Å². The van der Waals surface area contributed by atoms with Gasteiger partial charge in [0, 0.05) is 24.4 Å². The lowest BCUT2D eigenvalue weighted by molar-refractivity contribution is -0.139. The van der Waals surface area contributed by atoms with Crippen molar-refractivity contribution in [1.82, 2.24) is 15.5 Å². The number of aliphatic imine (C=N–C) groups is 1. The highest BCUT2D eigenvalue weighted by molar-refractivity contribution is 9.10. The number of nitrogens with zero attached hydrogens (tertiary/aromatic N) is 2. The standard InChI is InChI=1S/C22H29BrN4O4/c1-12(28)24-17(21(2,3)4)19(30)27-11-15(29)10-16(27)18-25-20(31)22(5,26-18)13-6-8-14(23)9-7-13/h6-9,15-17,29H,10-11H2,1-5H3,(H,24,28)(H,25,26,31)/t15-,16?,17?,22?/m1/s1. The topological polar surface area (TPSA) is 111 Å². The minimum absolute atomic E-state index is 0.111. The van der Waals surface area contributed by atoms with E-state index in [9.17, 15) is 19.5 Å². The van der Waals surface area contributed by atoms with E-state index in [4.69, 9.17) is 0 Å². The second-order valence-electron chi connectivity index (χ2n) is 9.45. The number of amidine groups is 1. The van der Waals surface area contributed by atoms with Gasteiger partial charge in [0.05, 0.1) is 12.1 Å². The van der Waals surface area contributed by atoms with Gasteiger partial charge in [-0.25, -0.2) is 0 Å². The predicted octanol–water partition coefficient (Wildman–Crippen LogP) is 1.71. The van der Waals surface area contributed by atoms with Gasteiger partial charge in [0.1, 0.15) is 17.4 Å². The van der Waals surface area contributed by atoms with Crippen LogP contribution in [0.25, 0.3) is 0 Å². The SMILES string of the molecule is CC(=O)NC(C(=O)N1C[C@H](O)CC1C1=NC(=O)C(C)(c2ccc(Br)cc2)N1)C(C)(C)C. The summed E-state index contributed by atoms with van der Waals surface area (Å²) in [6, 6.07) is 6.03. The first kappa shape index (κ1) is 23.4. The molecule has 2 aliphatic rings. The molecule has 0 aromatic heterocycles. The number of rotatable bonds is 4. The van der Waals surface area contributed by atoms with Crippen LogP contribution in [0.3, 0.4) is 0 Å². The Labute approximate surface area is 190 Å². The Hall–Kier alpha value is -2.26. The first-order chi connectivity index (χ1) is 14.3. The highest BCUT2D eigenvalue weighted by atomic mass is 79.9. The zero-order valence-corrected chi connectivity index (χ0v) is 20.0. The van der Waals surface area contributed by atoms with Crippen LogP contribution < -0.4 is 10.6 Å². The Morgan fingerprint density at radius 3 is 2.48 bits per heavy atom. The summed E-state index contributed by atoms with van der Waals surface area (Å²) >= 11 is 3.39. The number of β-amino-alcohol motifs (C(OH)–C–C–N with tert-alkyl or cyclic N) is 1. The van der Waals surface area contributed by atoms with Crippen LogP contribution in [-0.2, 0) is 19.9 Å². The molecular weight excluding hydrogens is 464 g/mol. The molecule has 3 rings (SSSR count). The number of aliphatic hydroxyl groups is 1. The zero-order valence-electron chi connectivity index (χ0n) is 18.4. The minimum Gasteiger partial charge on any atom is -0.391 e. The average molecular weight is 493 g/mol. The number of hydrogen-bond donors (Lipinski definition) is 3. The first-order valence-corrected chi connectivity index (χ1v) is 11.0. The third-order valence-electron chi connectivity index (χ3n) is 5.79. The highest BCUT2D eigenvalue weighted by Gasteiger charge is 2.48. The van der Waals surface area contributed by atoms with Crippen molar-refractivity contribution in [3.63, 3.8) is 0 Å². The molecule has 1 saturated heterocycles. The Balaban J connectivity index is 1.88. The van der Waals surface area contributed by atoms with E-state index >= 15 is 0 Å². The van der Waals surface area contributed by atoms with Gasteiger partial charge in [0.15, 0.2) is 0 Å². The zero-order chi connectivity index (χ0) is 23.1. The van der Waals surface area contributed by atoms with E-state index in [1.807, 2.05) is 45.0 Å². The van der Waals surface area contributed by atoms with Crippen LogP contribution in [-0.4, -0.2) is 58.3 Å². The van der Waals surface area contributed by atoms with Crippen molar-refractivity contribution in [3.8, 4) is 0 Å².